The van der Waals surface area contributed by atoms with Gasteiger partial charge in [0.1, 0.15) is 6.04 Å². The molecule has 2 amide bonds. The molecule has 0 aliphatic carbocycles. The molecule has 0 saturated heterocycles. The van der Waals surface area contributed by atoms with Gasteiger partial charge in [0.2, 0.25) is 5.91 Å². The number of amides is 2. The maximum absolute atomic E-state index is 14.6. The van der Waals surface area contributed by atoms with E-state index < -0.39 is 57.8 Å². The molecule has 0 saturated carbocycles. The highest BCUT2D eigenvalue weighted by Gasteiger charge is 2.61. The standard InChI is InChI=1S/C31H30F3N3O5S/c1-21(2)27-28(39)37(30(35-22(3)38,29(40)31(32,33)34)19-23-13-7-4-8-14-23)26(24-15-9-5-10-16-24)20-36(27)43(41,42)25-17-11-6-12-18-25/h4-18,20-21,27H,19H2,1-3H3,(H,35,38). The van der Waals surface area contributed by atoms with E-state index in [4.69, 9.17) is 0 Å². The van der Waals surface area contributed by atoms with Crippen molar-refractivity contribution in [3.05, 3.63) is 108 Å². The summed E-state index contributed by atoms with van der Waals surface area (Å²) in [7, 11) is -4.41. The number of halogens is 3. The van der Waals surface area contributed by atoms with E-state index in [0.717, 1.165) is 17.4 Å². The molecule has 1 N–H and O–H groups in total. The molecule has 226 valence electrons. The van der Waals surface area contributed by atoms with Crippen LogP contribution in [0.25, 0.3) is 5.70 Å². The lowest BCUT2D eigenvalue weighted by Crippen LogP contribution is -2.73. The third-order valence-corrected chi connectivity index (χ3v) is 8.71. The monoisotopic (exact) mass is 613 g/mol. The molecule has 2 unspecified atom stereocenters. The summed E-state index contributed by atoms with van der Waals surface area (Å²) in [6.45, 7) is 4.02. The van der Waals surface area contributed by atoms with Gasteiger partial charge in [-0.05, 0) is 29.2 Å². The van der Waals surface area contributed by atoms with Crippen LogP contribution in [0.2, 0.25) is 0 Å². The second-order valence-corrected chi connectivity index (χ2v) is 12.3. The summed E-state index contributed by atoms with van der Waals surface area (Å²) in [6, 6.07) is 21.0. The van der Waals surface area contributed by atoms with E-state index in [1.165, 1.54) is 48.5 Å². The highest BCUT2D eigenvalue weighted by atomic mass is 32.2. The quantitative estimate of drug-likeness (QED) is 0.375. The Morgan fingerprint density at radius 1 is 0.884 bits per heavy atom. The zero-order chi connectivity index (χ0) is 31.6. The average molecular weight is 614 g/mol. The lowest BCUT2D eigenvalue weighted by Gasteiger charge is -2.49. The molecule has 8 nitrogen and oxygen atoms in total. The number of hydrogen-bond donors (Lipinski definition) is 1. The van der Waals surface area contributed by atoms with Crippen LogP contribution in [0.4, 0.5) is 13.2 Å². The van der Waals surface area contributed by atoms with Crippen molar-refractivity contribution < 1.29 is 36.0 Å². The first-order valence-electron chi connectivity index (χ1n) is 13.3. The Labute approximate surface area is 247 Å². The molecule has 43 heavy (non-hydrogen) atoms. The van der Waals surface area contributed by atoms with Gasteiger partial charge < -0.3 is 5.32 Å². The number of nitrogens with zero attached hydrogens (tertiary/aromatic N) is 2. The van der Waals surface area contributed by atoms with Crippen LogP contribution in [0.15, 0.2) is 102 Å². The molecule has 4 rings (SSSR count). The first-order chi connectivity index (χ1) is 20.2. The van der Waals surface area contributed by atoms with E-state index in [-0.39, 0.29) is 21.7 Å². The van der Waals surface area contributed by atoms with E-state index in [1.54, 1.807) is 56.3 Å². The van der Waals surface area contributed by atoms with Crippen molar-refractivity contribution in [1.82, 2.24) is 14.5 Å². The third-order valence-electron chi connectivity index (χ3n) is 6.96. The fraction of sp³-hybridized carbons (Fsp3) is 0.258. The molecule has 0 fully saturated rings. The Balaban J connectivity index is 2.10. The topological polar surface area (TPSA) is 104 Å². The lowest BCUT2D eigenvalue weighted by molar-refractivity contribution is -0.187. The van der Waals surface area contributed by atoms with Crippen LogP contribution in [0.1, 0.15) is 31.9 Å². The van der Waals surface area contributed by atoms with Gasteiger partial charge in [0, 0.05) is 19.5 Å². The van der Waals surface area contributed by atoms with Crippen molar-refractivity contribution in [2.45, 2.75) is 50.0 Å². The fourth-order valence-electron chi connectivity index (χ4n) is 5.17. The first kappa shape index (κ1) is 31.5. The fourth-order valence-corrected chi connectivity index (χ4v) is 6.79. The summed E-state index contributed by atoms with van der Waals surface area (Å²) in [5, 5.41) is 2.18. The number of Topliss-reactive ketones (excluding diaryl/α,β-unsaturated/α-hetero) is 1. The van der Waals surface area contributed by atoms with Crippen LogP contribution in [-0.2, 0) is 30.8 Å². The Hall–Kier alpha value is -4.45. The molecule has 1 heterocycles. The molecule has 12 heteroatoms. The number of alkyl halides is 3. The van der Waals surface area contributed by atoms with Crippen LogP contribution in [0.5, 0.6) is 0 Å². The zero-order valence-corrected chi connectivity index (χ0v) is 24.4. The number of rotatable bonds is 9. The average Bonchev–Trinajstić information content (AvgIpc) is 2.96. The first-order valence-corrected chi connectivity index (χ1v) is 14.8. The Morgan fingerprint density at radius 2 is 1.40 bits per heavy atom. The summed E-state index contributed by atoms with van der Waals surface area (Å²) in [4.78, 5) is 41.2. The second-order valence-electron chi connectivity index (χ2n) is 10.4. The van der Waals surface area contributed by atoms with Crippen molar-refractivity contribution in [2.75, 3.05) is 0 Å². The number of benzene rings is 3. The zero-order valence-electron chi connectivity index (χ0n) is 23.6. The number of nitrogens with one attached hydrogen (secondary N) is 1. The van der Waals surface area contributed by atoms with Gasteiger partial charge >= 0.3 is 6.18 Å². The van der Waals surface area contributed by atoms with Gasteiger partial charge in [-0.2, -0.15) is 13.2 Å². The minimum Gasteiger partial charge on any atom is -0.326 e. The Kier molecular flexibility index (Phi) is 8.82. The summed E-state index contributed by atoms with van der Waals surface area (Å²) < 4.78 is 72.2. The van der Waals surface area contributed by atoms with Crippen LogP contribution in [0, 0.1) is 5.92 Å². The summed E-state index contributed by atoms with van der Waals surface area (Å²) >= 11 is 0. The maximum Gasteiger partial charge on any atom is 0.454 e. The molecule has 0 aromatic heterocycles. The van der Waals surface area contributed by atoms with Crippen LogP contribution in [0.3, 0.4) is 0 Å². The van der Waals surface area contributed by atoms with Crippen LogP contribution in [-0.4, -0.2) is 53.1 Å². The molecule has 0 radical (unpaired) electrons. The Morgan fingerprint density at radius 3 is 1.88 bits per heavy atom. The Bertz CT molecular complexity index is 1630. The van der Waals surface area contributed by atoms with Crippen molar-refractivity contribution in [2.24, 2.45) is 5.92 Å². The van der Waals surface area contributed by atoms with Gasteiger partial charge in [0.05, 0.1) is 10.6 Å². The predicted octanol–water partition coefficient (Wildman–Crippen LogP) is 4.75. The molecule has 1 aliphatic heterocycles. The highest BCUT2D eigenvalue weighted by molar-refractivity contribution is 7.89. The summed E-state index contributed by atoms with van der Waals surface area (Å²) in [5.74, 6) is -5.28. The number of carbonyl (C=O) groups excluding carboxylic acids is 3. The van der Waals surface area contributed by atoms with Crippen LogP contribution < -0.4 is 5.32 Å². The molecular weight excluding hydrogens is 583 g/mol. The highest BCUT2D eigenvalue weighted by Crippen LogP contribution is 2.41. The number of ketones is 1. The van der Waals surface area contributed by atoms with E-state index in [9.17, 15) is 36.0 Å². The van der Waals surface area contributed by atoms with Crippen molar-refractivity contribution in [1.29, 1.82) is 0 Å². The normalized spacial score (nSPS) is 17.3. The van der Waals surface area contributed by atoms with Gasteiger partial charge in [-0.3, -0.25) is 23.6 Å². The van der Waals surface area contributed by atoms with Crippen molar-refractivity contribution in [3.63, 3.8) is 0 Å². The predicted molar refractivity (Wildman–Crippen MR) is 153 cm³/mol. The van der Waals surface area contributed by atoms with Gasteiger partial charge in [-0.15, -0.1) is 0 Å². The number of carbonyl (C=O) groups is 3. The second kappa shape index (κ2) is 12.0. The minimum absolute atomic E-state index is 0.143. The van der Waals surface area contributed by atoms with Crippen LogP contribution >= 0.6 is 0 Å². The van der Waals surface area contributed by atoms with Gasteiger partial charge in [-0.1, -0.05) is 92.7 Å². The minimum atomic E-state index is -5.50. The van der Waals surface area contributed by atoms with Crippen molar-refractivity contribution >= 4 is 33.3 Å². The number of hydrogen-bond acceptors (Lipinski definition) is 5. The van der Waals surface area contributed by atoms with E-state index in [0.29, 0.717) is 4.90 Å². The molecule has 3 aromatic rings. The summed E-state index contributed by atoms with van der Waals surface area (Å²) in [5.41, 5.74) is -2.96. The van der Waals surface area contributed by atoms with Gasteiger partial charge in [0.25, 0.3) is 21.7 Å². The largest absolute Gasteiger partial charge is 0.454 e. The lowest BCUT2D eigenvalue weighted by atomic mass is 9.88. The summed E-state index contributed by atoms with van der Waals surface area (Å²) in [6.07, 6.45) is -5.19. The smallest absolute Gasteiger partial charge is 0.326 e. The number of sulfonamides is 1. The molecule has 2 atom stereocenters. The van der Waals surface area contributed by atoms with E-state index >= 15 is 0 Å². The van der Waals surface area contributed by atoms with Gasteiger partial charge in [0.15, 0.2) is 5.66 Å². The third kappa shape index (κ3) is 6.19. The molecular formula is C31H30F3N3O5S. The van der Waals surface area contributed by atoms with E-state index in [2.05, 4.69) is 5.32 Å². The molecule has 1 aliphatic rings. The molecule has 3 aromatic carbocycles. The molecule has 0 bridgehead atoms. The maximum atomic E-state index is 14.6. The SMILES string of the molecule is CC(=O)NC(Cc1ccccc1)(C(=O)C(F)(F)F)N1C(=O)C(C(C)C)N(S(=O)(=O)c2ccccc2)C=C1c1ccccc1. The molecule has 0 spiro atoms. The van der Waals surface area contributed by atoms with Crippen molar-refractivity contribution in [3.8, 4) is 0 Å². The van der Waals surface area contributed by atoms with E-state index in [1.807, 2.05) is 0 Å². The van der Waals surface area contributed by atoms with Gasteiger partial charge in [-0.25, -0.2) is 8.42 Å².